The first-order valence-electron chi connectivity index (χ1n) is 13.6. The lowest BCUT2D eigenvalue weighted by Gasteiger charge is -2.34. The molecule has 0 atom stereocenters. The number of aromatic carboxylic acids is 1. The van der Waals surface area contributed by atoms with Crippen LogP contribution in [0.3, 0.4) is 0 Å². The van der Waals surface area contributed by atoms with Crippen LogP contribution >= 0.6 is 0 Å². The van der Waals surface area contributed by atoms with Crippen LogP contribution < -0.4 is 20.9 Å². The van der Waals surface area contributed by atoms with Crippen LogP contribution in [0.2, 0.25) is 0 Å². The van der Waals surface area contributed by atoms with Gasteiger partial charge in [0, 0.05) is 68.0 Å². The molecule has 1 aliphatic rings. The predicted octanol–water partition coefficient (Wildman–Crippen LogP) is 4.48. The Hall–Kier alpha value is -5.18. The first kappa shape index (κ1) is 30.3. The van der Waals surface area contributed by atoms with E-state index in [9.17, 15) is 27.9 Å². The van der Waals surface area contributed by atoms with Crippen LogP contribution in [0.1, 0.15) is 32.0 Å². The molecule has 5 rings (SSSR count). The normalized spacial score (nSPS) is 13.9. The number of nitrogens with one attached hydrogen (secondary N) is 3. The van der Waals surface area contributed by atoms with Crippen molar-refractivity contribution in [2.45, 2.75) is 13.1 Å². The Kier molecular flexibility index (Phi) is 8.40. The minimum Gasteiger partial charge on any atom is -0.476 e. The molecule has 0 radical (unpaired) electrons. The lowest BCUT2D eigenvalue weighted by molar-refractivity contribution is -0.137. The van der Waals surface area contributed by atoms with E-state index < -0.39 is 23.6 Å². The van der Waals surface area contributed by atoms with Gasteiger partial charge in [-0.05, 0) is 49.9 Å². The van der Waals surface area contributed by atoms with E-state index in [4.69, 9.17) is 0 Å². The predicted molar refractivity (Wildman–Crippen MR) is 159 cm³/mol. The average molecular weight is 610 g/mol. The molecule has 44 heavy (non-hydrogen) atoms. The van der Waals surface area contributed by atoms with Gasteiger partial charge in [-0.3, -0.25) is 4.79 Å². The second-order valence-electron chi connectivity index (χ2n) is 10.3. The van der Waals surface area contributed by atoms with E-state index in [0.717, 1.165) is 17.7 Å². The Morgan fingerprint density at radius 2 is 1.73 bits per heavy atom. The lowest BCUT2D eigenvalue weighted by Crippen LogP contribution is -2.44. The highest BCUT2D eigenvalue weighted by molar-refractivity contribution is 6.05. The summed E-state index contributed by atoms with van der Waals surface area (Å²) < 4.78 is 42.7. The van der Waals surface area contributed by atoms with Crippen LogP contribution in [0.4, 0.5) is 41.9 Å². The highest BCUT2D eigenvalue weighted by Crippen LogP contribution is 2.34. The average Bonchev–Trinajstić information content (AvgIpc) is 3.43. The third-order valence-electron chi connectivity index (χ3n) is 7.19. The first-order chi connectivity index (χ1) is 20.9. The zero-order valence-corrected chi connectivity index (χ0v) is 24.1. The fraction of sp³-hybridized carbons (Fsp3) is 0.276. The van der Waals surface area contributed by atoms with Crippen LogP contribution in [-0.2, 0) is 6.18 Å². The van der Waals surface area contributed by atoms with Crippen molar-refractivity contribution in [1.29, 1.82) is 0 Å². The van der Waals surface area contributed by atoms with Crippen molar-refractivity contribution in [1.82, 2.24) is 24.6 Å². The maximum atomic E-state index is 13.8. The fourth-order valence-corrected chi connectivity index (χ4v) is 4.68. The van der Waals surface area contributed by atoms with Gasteiger partial charge in [-0.15, -0.1) is 0 Å². The highest BCUT2D eigenvalue weighted by atomic mass is 19.4. The van der Waals surface area contributed by atoms with Crippen molar-refractivity contribution in [3.63, 3.8) is 0 Å². The van der Waals surface area contributed by atoms with Crippen molar-refractivity contribution in [3.05, 3.63) is 77.2 Å². The summed E-state index contributed by atoms with van der Waals surface area (Å²) in [7, 11) is 3.62. The molecule has 15 heteroatoms. The molecule has 2 aromatic heterocycles. The quantitative estimate of drug-likeness (QED) is 0.226. The molecule has 12 nitrogen and oxygen atoms in total. The number of carboxylic acid groups (broad SMARTS) is 1. The summed E-state index contributed by atoms with van der Waals surface area (Å²) in [5, 5.41) is 22.4. The standard InChI is InChI=1S/C29H30F3N9O3/c1-17-4-5-20(13-22(17)37-26-14-23(28(43)44)38-41(26)25-15-24(33-2)34-16-35-25)36-27(42)18-10-19(29(30,31)32)12-21(11-18)40-8-6-39(3)7-9-40/h4-5,10-16,37H,6-9H2,1-3H3,(H,36,42)(H,43,44)(H,33,34,35). The third kappa shape index (κ3) is 6.72. The molecule has 4 N–H and O–H groups in total. The Morgan fingerprint density at radius 3 is 2.41 bits per heavy atom. The van der Waals surface area contributed by atoms with Gasteiger partial charge in [0.2, 0.25) is 0 Å². The monoisotopic (exact) mass is 609 g/mol. The molecule has 0 bridgehead atoms. The number of alkyl halides is 3. The van der Waals surface area contributed by atoms with Gasteiger partial charge in [-0.25, -0.2) is 14.8 Å². The molecule has 3 heterocycles. The zero-order valence-electron chi connectivity index (χ0n) is 24.1. The second kappa shape index (κ2) is 12.2. The number of hydrogen-bond acceptors (Lipinski definition) is 9. The number of anilines is 5. The molecule has 1 aliphatic heterocycles. The summed E-state index contributed by atoms with van der Waals surface area (Å²) in [5.74, 6) is -0.907. The number of benzene rings is 2. The fourth-order valence-electron chi connectivity index (χ4n) is 4.68. The van der Waals surface area contributed by atoms with Gasteiger partial charge in [0.05, 0.1) is 5.56 Å². The number of nitrogens with zero attached hydrogens (tertiary/aromatic N) is 6. The topological polar surface area (TPSA) is 141 Å². The highest BCUT2D eigenvalue weighted by Gasteiger charge is 2.33. The minimum absolute atomic E-state index is 0.128. The van der Waals surface area contributed by atoms with Crippen molar-refractivity contribution < 1.29 is 27.9 Å². The van der Waals surface area contributed by atoms with Gasteiger partial charge in [0.25, 0.3) is 5.91 Å². The Labute approximate surface area is 250 Å². The van der Waals surface area contributed by atoms with Crippen molar-refractivity contribution in [3.8, 4) is 5.82 Å². The third-order valence-corrected chi connectivity index (χ3v) is 7.19. The summed E-state index contributed by atoms with van der Waals surface area (Å²) in [6, 6.07) is 11.2. The number of carbonyl (C=O) groups is 2. The SMILES string of the molecule is CNc1cc(-n2nc(C(=O)O)cc2Nc2cc(NC(=O)c3cc(N4CCN(C)CC4)cc(C(F)(F)F)c3)ccc2C)ncn1. The number of amides is 1. The van der Waals surface area contributed by atoms with Crippen LogP contribution in [0, 0.1) is 6.92 Å². The number of hydrogen-bond donors (Lipinski definition) is 4. The molecule has 0 saturated carbocycles. The second-order valence-corrected chi connectivity index (χ2v) is 10.3. The molecular weight excluding hydrogens is 579 g/mol. The Morgan fingerprint density at radius 1 is 0.977 bits per heavy atom. The molecule has 230 valence electrons. The van der Waals surface area contributed by atoms with Gasteiger partial charge in [0.15, 0.2) is 11.5 Å². The van der Waals surface area contributed by atoms with Crippen LogP contribution in [0.25, 0.3) is 5.82 Å². The van der Waals surface area contributed by atoms with Crippen LogP contribution in [0.5, 0.6) is 0 Å². The smallest absolute Gasteiger partial charge is 0.416 e. The van der Waals surface area contributed by atoms with Gasteiger partial charge in [-0.1, -0.05) is 6.07 Å². The largest absolute Gasteiger partial charge is 0.476 e. The van der Waals surface area contributed by atoms with Crippen molar-refractivity contribution in [2.75, 3.05) is 61.1 Å². The number of aryl methyl sites for hydroxylation is 1. The van der Waals surface area contributed by atoms with E-state index >= 15 is 0 Å². The molecule has 2 aromatic carbocycles. The lowest BCUT2D eigenvalue weighted by atomic mass is 10.1. The Bertz CT molecular complexity index is 1700. The maximum Gasteiger partial charge on any atom is 0.416 e. The van der Waals surface area contributed by atoms with Crippen LogP contribution in [0.15, 0.2) is 54.9 Å². The zero-order chi connectivity index (χ0) is 31.6. The first-order valence-corrected chi connectivity index (χ1v) is 13.6. The van der Waals surface area contributed by atoms with Crippen molar-refractivity contribution in [2.24, 2.45) is 0 Å². The van der Waals surface area contributed by atoms with E-state index in [-0.39, 0.29) is 17.1 Å². The summed E-state index contributed by atoms with van der Waals surface area (Å²) in [6.45, 7) is 4.26. The molecule has 4 aromatic rings. The summed E-state index contributed by atoms with van der Waals surface area (Å²) >= 11 is 0. The van der Waals surface area contributed by atoms with E-state index in [0.29, 0.717) is 54.9 Å². The summed E-state index contributed by atoms with van der Waals surface area (Å²) in [4.78, 5) is 37.2. The number of carbonyl (C=O) groups excluding carboxylic acids is 1. The van der Waals surface area contributed by atoms with Crippen molar-refractivity contribution >= 4 is 40.6 Å². The summed E-state index contributed by atoms with van der Waals surface area (Å²) in [6.07, 6.45) is -3.33. The molecular formula is C29H30F3N9O3. The van der Waals surface area contributed by atoms with Gasteiger partial charge in [-0.2, -0.15) is 23.0 Å². The Balaban J connectivity index is 1.43. The molecule has 0 unspecified atom stereocenters. The number of likely N-dealkylation sites (N-methyl/N-ethyl adjacent to an activating group) is 1. The number of rotatable bonds is 8. The molecule has 1 saturated heterocycles. The molecule has 1 amide bonds. The number of halogens is 3. The van der Waals surface area contributed by atoms with E-state index in [2.05, 4.69) is 35.9 Å². The van der Waals surface area contributed by atoms with Crippen LogP contribution in [-0.4, -0.2) is 81.9 Å². The van der Waals surface area contributed by atoms with Gasteiger partial charge in [0.1, 0.15) is 18.0 Å². The summed E-state index contributed by atoms with van der Waals surface area (Å²) in [5.41, 5.74) is 0.605. The molecule has 0 aliphatic carbocycles. The maximum absolute atomic E-state index is 13.8. The molecule has 0 spiro atoms. The number of aromatic nitrogens is 4. The minimum atomic E-state index is -4.63. The van der Waals surface area contributed by atoms with E-state index in [1.807, 2.05) is 11.9 Å². The number of carboxylic acids is 1. The van der Waals surface area contributed by atoms with E-state index in [1.165, 1.54) is 23.1 Å². The number of piperazine rings is 1. The van der Waals surface area contributed by atoms with Gasteiger partial charge < -0.3 is 30.9 Å². The van der Waals surface area contributed by atoms with Gasteiger partial charge >= 0.3 is 12.1 Å². The molecule has 1 fully saturated rings. The van der Waals surface area contributed by atoms with E-state index in [1.54, 1.807) is 38.2 Å².